The number of hydrogen-bond acceptors (Lipinski definition) is 9. The summed E-state index contributed by atoms with van der Waals surface area (Å²) in [6.07, 6.45) is 10.9. The SMILES string of the molecule is CC(=O)O[C@@H](C1CCC2C(CC3C4CCC5C(C)(C)[C@@H](OC6CN(C(C)C(N)=O)CCO6)CCC56C[C@@]46CCC23C)O1)C(C)(C)O.CO.[HH]. The van der Waals surface area contributed by atoms with Crippen LogP contribution >= 0.6 is 0 Å². The van der Waals surface area contributed by atoms with E-state index in [4.69, 9.17) is 29.8 Å². The Morgan fingerprint density at radius 1 is 1.00 bits per heavy atom. The fourth-order valence-corrected chi connectivity index (χ4v) is 13.0. The molecule has 5 aliphatic carbocycles. The number of morpholine rings is 1. The van der Waals surface area contributed by atoms with Crippen molar-refractivity contribution in [1.29, 1.82) is 0 Å². The number of nitrogens with two attached hydrogens (primary N) is 1. The molecule has 2 heterocycles. The quantitative estimate of drug-likeness (QED) is 0.328. The molecule has 7 aliphatic rings. The summed E-state index contributed by atoms with van der Waals surface area (Å²) in [6.45, 7) is 16.1. The Labute approximate surface area is 289 Å². The molecule has 2 spiro atoms. The zero-order valence-corrected chi connectivity index (χ0v) is 30.8. The molecule has 0 aromatic carbocycles. The lowest BCUT2D eigenvalue weighted by Crippen LogP contribution is -2.57. The predicted octanol–water partition coefficient (Wildman–Crippen LogP) is 4.67. The lowest BCUT2D eigenvalue weighted by atomic mass is 9.46. The van der Waals surface area contributed by atoms with Crippen LogP contribution in [0.15, 0.2) is 0 Å². The highest BCUT2D eigenvalue weighted by Gasteiger charge is 2.80. The highest BCUT2D eigenvalue weighted by Crippen LogP contribution is 2.87. The van der Waals surface area contributed by atoms with Crippen LogP contribution in [0.2, 0.25) is 0 Å². The van der Waals surface area contributed by atoms with Gasteiger partial charge in [-0.1, -0.05) is 20.8 Å². The number of amides is 1. The summed E-state index contributed by atoms with van der Waals surface area (Å²) >= 11 is 0. The first-order valence-electron chi connectivity index (χ1n) is 18.8. The third-order valence-corrected chi connectivity index (χ3v) is 15.2. The van der Waals surface area contributed by atoms with E-state index in [1.165, 1.54) is 45.4 Å². The maximum Gasteiger partial charge on any atom is 0.303 e. The predicted molar refractivity (Wildman–Crippen MR) is 182 cm³/mol. The number of carbonyl (C=O) groups is 2. The van der Waals surface area contributed by atoms with Crippen molar-refractivity contribution in [3.8, 4) is 0 Å². The molecule has 13 atom stereocenters. The molecule has 0 aromatic heterocycles. The number of esters is 1. The maximum absolute atomic E-state index is 11.9. The van der Waals surface area contributed by atoms with E-state index in [1.54, 1.807) is 13.8 Å². The van der Waals surface area contributed by atoms with Crippen LogP contribution in [0.25, 0.3) is 0 Å². The van der Waals surface area contributed by atoms with E-state index in [9.17, 15) is 14.7 Å². The second-order valence-corrected chi connectivity index (χ2v) is 18.0. The van der Waals surface area contributed by atoms with Crippen molar-refractivity contribution in [3.63, 3.8) is 0 Å². The number of hydrogen-bond donors (Lipinski definition) is 3. The highest BCUT2D eigenvalue weighted by molar-refractivity contribution is 5.79. The summed E-state index contributed by atoms with van der Waals surface area (Å²) < 4.78 is 25.4. The third-order valence-electron chi connectivity index (χ3n) is 15.2. The monoisotopic (exact) mass is 678 g/mol. The van der Waals surface area contributed by atoms with Gasteiger partial charge in [0.15, 0.2) is 12.4 Å². The molecule has 10 unspecified atom stereocenters. The zero-order valence-electron chi connectivity index (χ0n) is 30.8. The summed E-state index contributed by atoms with van der Waals surface area (Å²) in [5.41, 5.74) is 5.66. The van der Waals surface area contributed by atoms with Crippen LogP contribution < -0.4 is 5.73 Å². The van der Waals surface area contributed by atoms with Gasteiger partial charge in [0.2, 0.25) is 5.91 Å². The Morgan fingerprint density at radius 2 is 1.71 bits per heavy atom. The first-order chi connectivity index (χ1) is 22.5. The average molecular weight is 679 g/mol. The molecule has 7 fully saturated rings. The Balaban J connectivity index is 0.00000153. The molecule has 1 amide bonds. The van der Waals surface area contributed by atoms with E-state index in [0.29, 0.717) is 48.3 Å². The van der Waals surface area contributed by atoms with Gasteiger partial charge in [-0.3, -0.25) is 14.5 Å². The maximum atomic E-state index is 11.9. The molecule has 0 bridgehead atoms. The first kappa shape index (κ1) is 36.5. The smallest absolute Gasteiger partial charge is 0.303 e. The van der Waals surface area contributed by atoms with E-state index >= 15 is 0 Å². The van der Waals surface area contributed by atoms with Crippen molar-refractivity contribution >= 4 is 11.9 Å². The minimum absolute atomic E-state index is 0. The van der Waals surface area contributed by atoms with Crippen molar-refractivity contribution < 1.29 is 40.2 Å². The molecule has 5 saturated carbocycles. The van der Waals surface area contributed by atoms with Gasteiger partial charge in [-0.2, -0.15) is 0 Å². The number of fused-ring (bicyclic) bond motifs is 4. The number of primary amides is 1. The van der Waals surface area contributed by atoms with E-state index in [-0.39, 0.29) is 54.8 Å². The number of ether oxygens (including phenoxy) is 4. The number of aliphatic hydroxyl groups excluding tert-OH is 1. The summed E-state index contributed by atoms with van der Waals surface area (Å²) in [4.78, 5) is 25.9. The van der Waals surface area contributed by atoms with Gasteiger partial charge in [-0.05, 0) is 130 Å². The Morgan fingerprint density at radius 3 is 2.38 bits per heavy atom. The van der Waals surface area contributed by atoms with Crippen LogP contribution in [-0.4, -0.2) is 96.1 Å². The third kappa shape index (κ3) is 5.67. The van der Waals surface area contributed by atoms with Crippen molar-refractivity contribution in [2.24, 2.45) is 51.1 Å². The van der Waals surface area contributed by atoms with E-state index < -0.39 is 11.7 Å². The number of aliphatic hydroxyl groups is 2. The number of rotatable bonds is 7. The van der Waals surface area contributed by atoms with Crippen LogP contribution in [0.3, 0.4) is 0 Å². The van der Waals surface area contributed by atoms with Gasteiger partial charge >= 0.3 is 5.97 Å². The molecule has 2 saturated heterocycles. The van der Waals surface area contributed by atoms with Crippen LogP contribution in [-0.2, 0) is 28.5 Å². The van der Waals surface area contributed by atoms with Gasteiger partial charge in [0.05, 0.1) is 43.1 Å². The first-order valence-corrected chi connectivity index (χ1v) is 18.8. The molecule has 276 valence electrons. The van der Waals surface area contributed by atoms with Gasteiger partial charge in [0.1, 0.15) is 0 Å². The van der Waals surface area contributed by atoms with Crippen LogP contribution in [0.1, 0.15) is 114 Å². The standard InChI is InChI=1S/C37H60N2O7.CH4O.H2/c1-21(32(38)41)39-16-17-43-30(19-39)46-29-12-13-37-20-36(37)15-14-35(7)24-8-10-26(31(34(5,6)42)44-22(2)40)45-27(24)18-25(35)23(36)9-11-28(37)33(29,3)4;1-2;/h21,23-31,42H,8-20H2,1-7H3,(H2,38,41);2H,1H3;1H/t21?,23?,24?,25?,26?,27?,28?,29-,30?,31-,35?,36-,37?;;/m0../s1. The fraction of sp³-hybridized carbons (Fsp3) is 0.947. The molecule has 10 heteroatoms. The number of carbonyl (C=O) groups excluding carboxylic acids is 2. The normalized spacial score (nSPS) is 45.8. The summed E-state index contributed by atoms with van der Waals surface area (Å²) in [5.74, 6) is 1.92. The average Bonchev–Trinajstić information content (AvgIpc) is 3.61. The summed E-state index contributed by atoms with van der Waals surface area (Å²) in [5, 5.41) is 17.9. The molecule has 0 radical (unpaired) electrons. The van der Waals surface area contributed by atoms with Crippen LogP contribution in [0, 0.1) is 45.3 Å². The summed E-state index contributed by atoms with van der Waals surface area (Å²) in [6, 6.07) is -0.316. The number of nitrogens with zero attached hydrogens (tertiary/aromatic N) is 1. The second kappa shape index (κ2) is 12.7. The molecular weight excluding hydrogens is 612 g/mol. The second-order valence-electron chi connectivity index (χ2n) is 18.0. The van der Waals surface area contributed by atoms with Crippen molar-refractivity contribution in [1.82, 2.24) is 4.90 Å². The van der Waals surface area contributed by atoms with Gasteiger partial charge < -0.3 is 34.9 Å². The Kier molecular flexibility index (Phi) is 9.68. The van der Waals surface area contributed by atoms with E-state index in [1.807, 2.05) is 6.92 Å². The van der Waals surface area contributed by atoms with Crippen LogP contribution in [0.5, 0.6) is 0 Å². The fourth-order valence-electron chi connectivity index (χ4n) is 13.0. The Hall–Kier alpha value is -1.30. The minimum Gasteiger partial charge on any atom is -0.457 e. The lowest BCUT2D eigenvalue weighted by Gasteiger charge is -2.60. The molecule has 2 aliphatic heterocycles. The zero-order chi connectivity index (χ0) is 35.0. The van der Waals surface area contributed by atoms with Crippen molar-refractivity contribution in [2.75, 3.05) is 26.8 Å². The lowest BCUT2D eigenvalue weighted by molar-refractivity contribution is -0.247. The minimum atomic E-state index is -1.15. The van der Waals surface area contributed by atoms with E-state index in [0.717, 1.165) is 38.7 Å². The highest BCUT2D eigenvalue weighted by atomic mass is 16.7. The largest absolute Gasteiger partial charge is 0.457 e. The van der Waals surface area contributed by atoms with Gasteiger partial charge in [0.25, 0.3) is 0 Å². The topological polar surface area (TPSA) is 141 Å². The van der Waals surface area contributed by atoms with Crippen molar-refractivity contribution in [3.05, 3.63) is 0 Å². The van der Waals surface area contributed by atoms with Gasteiger partial charge in [-0.15, -0.1) is 0 Å². The summed E-state index contributed by atoms with van der Waals surface area (Å²) in [7, 11) is 1.00. The molecule has 10 nitrogen and oxygen atoms in total. The van der Waals surface area contributed by atoms with Crippen LogP contribution in [0.4, 0.5) is 0 Å². The molecule has 48 heavy (non-hydrogen) atoms. The molecule has 7 rings (SSSR count). The van der Waals surface area contributed by atoms with E-state index in [2.05, 4.69) is 25.7 Å². The molecule has 0 aromatic rings. The van der Waals surface area contributed by atoms with Gasteiger partial charge in [0, 0.05) is 22.0 Å². The van der Waals surface area contributed by atoms with Gasteiger partial charge in [-0.25, -0.2) is 0 Å². The molecular formula is C38H66N2O8. The molecule has 4 N–H and O–H groups in total. The Bertz CT molecular complexity index is 1230. The van der Waals surface area contributed by atoms with Crippen molar-refractivity contribution in [2.45, 2.75) is 155 Å².